The van der Waals surface area contributed by atoms with Crippen LogP contribution in [-0.2, 0) is 12.8 Å². The Balaban J connectivity index is 2.43. The molecule has 0 aliphatic heterocycles. The molecule has 0 aromatic carbocycles. The number of hydrogen-bond donors (Lipinski definition) is 1. The zero-order valence-electron chi connectivity index (χ0n) is 11.0. The smallest absolute Gasteiger partial charge is 0.335 e. The van der Waals surface area contributed by atoms with Crippen molar-refractivity contribution in [3.63, 3.8) is 0 Å². The van der Waals surface area contributed by atoms with E-state index in [1.54, 1.807) is 0 Å². The van der Waals surface area contributed by atoms with Gasteiger partial charge in [0.1, 0.15) is 6.61 Å². The van der Waals surface area contributed by atoms with Gasteiger partial charge in [0.25, 0.3) is 0 Å². The van der Waals surface area contributed by atoms with Crippen molar-refractivity contribution >= 4 is 0 Å². The molecule has 0 aliphatic rings. The van der Waals surface area contributed by atoms with Gasteiger partial charge in [-0.3, -0.25) is 0 Å². The molecule has 5 nitrogen and oxygen atoms in total. The molecule has 17 heavy (non-hydrogen) atoms. The summed E-state index contributed by atoms with van der Waals surface area (Å²) in [6.45, 7) is 8.66. The van der Waals surface area contributed by atoms with E-state index >= 15 is 0 Å². The number of hydrogen-bond acceptors (Lipinski definition) is 5. The highest BCUT2D eigenvalue weighted by atomic mass is 16.5. The van der Waals surface area contributed by atoms with Crippen molar-refractivity contribution in [3.05, 3.63) is 11.4 Å². The highest BCUT2D eigenvalue weighted by Gasteiger charge is 2.06. The van der Waals surface area contributed by atoms with Gasteiger partial charge in [0.15, 0.2) is 0 Å². The molecule has 1 aromatic rings. The summed E-state index contributed by atoms with van der Waals surface area (Å²) in [4.78, 5) is 4.36. The Kier molecular flexibility index (Phi) is 6.47. The third-order valence-electron chi connectivity index (χ3n) is 2.43. The summed E-state index contributed by atoms with van der Waals surface area (Å²) in [5.41, 5.74) is 1.95. The van der Waals surface area contributed by atoms with Crippen LogP contribution in [0.5, 0.6) is 6.01 Å². The van der Waals surface area contributed by atoms with Crippen LogP contribution in [0.3, 0.4) is 0 Å². The predicted molar refractivity (Wildman–Crippen MR) is 67.2 cm³/mol. The highest BCUT2D eigenvalue weighted by molar-refractivity contribution is 5.11. The van der Waals surface area contributed by atoms with Gasteiger partial charge in [-0.15, -0.1) is 5.10 Å². The lowest BCUT2D eigenvalue weighted by Crippen LogP contribution is -2.22. The minimum Gasteiger partial charge on any atom is -0.461 e. The van der Waals surface area contributed by atoms with Crippen molar-refractivity contribution in [2.45, 2.75) is 40.0 Å². The van der Waals surface area contributed by atoms with Crippen molar-refractivity contribution in [1.82, 2.24) is 20.5 Å². The average molecular weight is 238 g/mol. The Labute approximate surface area is 103 Å². The van der Waals surface area contributed by atoms with Crippen LogP contribution < -0.4 is 10.1 Å². The molecular weight excluding hydrogens is 216 g/mol. The maximum atomic E-state index is 5.45. The number of nitrogens with zero attached hydrogens (tertiary/aromatic N) is 3. The molecule has 0 spiro atoms. The molecule has 0 saturated carbocycles. The minimum atomic E-state index is 0.386. The van der Waals surface area contributed by atoms with Gasteiger partial charge >= 0.3 is 6.01 Å². The minimum absolute atomic E-state index is 0.386. The molecule has 0 fully saturated rings. The van der Waals surface area contributed by atoms with Gasteiger partial charge in [0, 0.05) is 6.54 Å². The molecule has 0 unspecified atom stereocenters. The highest BCUT2D eigenvalue weighted by Crippen LogP contribution is 2.07. The first-order valence-corrected chi connectivity index (χ1v) is 6.37. The van der Waals surface area contributed by atoms with E-state index in [0.29, 0.717) is 12.6 Å². The van der Waals surface area contributed by atoms with E-state index < -0.39 is 0 Å². The first kappa shape index (κ1) is 13.8. The van der Waals surface area contributed by atoms with Gasteiger partial charge in [0.2, 0.25) is 0 Å². The van der Waals surface area contributed by atoms with E-state index in [0.717, 1.165) is 43.7 Å². The van der Waals surface area contributed by atoms with Crippen molar-refractivity contribution in [2.24, 2.45) is 0 Å². The number of nitrogens with one attached hydrogen (secondary N) is 1. The Hall–Kier alpha value is -1.23. The summed E-state index contributed by atoms with van der Waals surface area (Å²) >= 11 is 0. The van der Waals surface area contributed by atoms with Gasteiger partial charge in [-0.05, 0) is 25.8 Å². The average Bonchev–Trinajstić information content (AvgIpc) is 2.38. The number of rotatable bonds is 8. The molecule has 96 valence electrons. The van der Waals surface area contributed by atoms with Crippen LogP contribution in [0, 0.1) is 0 Å². The first-order valence-electron chi connectivity index (χ1n) is 6.37. The molecule has 0 atom stereocenters. The Morgan fingerprint density at radius 2 is 1.76 bits per heavy atom. The number of aryl methyl sites for hydroxylation is 2. The fourth-order valence-electron chi connectivity index (χ4n) is 1.50. The van der Waals surface area contributed by atoms with Gasteiger partial charge in [0.05, 0.1) is 11.4 Å². The quantitative estimate of drug-likeness (QED) is 0.693. The molecule has 0 bridgehead atoms. The summed E-state index contributed by atoms with van der Waals surface area (Å²) < 4.78 is 5.45. The van der Waals surface area contributed by atoms with Crippen LogP contribution in [0.2, 0.25) is 0 Å². The van der Waals surface area contributed by atoms with Gasteiger partial charge in [-0.25, -0.2) is 0 Å². The van der Waals surface area contributed by atoms with Gasteiger partial charge in [-0.1, -0.05) is 25.9 Å². The van der Waals surface area contributed by atoms with Crippen LogP contribution in [0.15, 0.2) is 0 Å². The normalized spacial score (nSPS) is 10.5. The van der Waals surface area contributed by atoms with Crippen molar-refractivity contribution in [1.29, 1.82) is 0 Å². The summed E-state index contributed by atoms with van der Waals surface area (Å²) in [6.07, 6.45) is 2.86. The zero-order valence-corrected chi connectivity index (χ0v) is 11.0. The fraction of sp³-hybridized carbons (Fsp3) is 0.750. The fourth-order valence-corrected chi connectivity index (χ4v) is 1.50. The second-order valence-corrected chi connectivity index (χ2v) is 3.79. The SMILES string of the molecule is CCCNCCOc1nnc(CC)c(CC)n1. The van der Waals surface area contributed by atoms with E-state index in [4.69, 9.17) is 4.74 Å². The van der Waals surface area contributed by atoms with E-state index in [1.807, 2.05) is 0 Å². The predicted octanol–water partition coefficient (Wildman–Crippen LogP) is 1.37. The van der Waals surface area contributed by atoms with E-state index in [9.17, 15) is 0 Å². The van der Waals surface area contributed by atoms with E-state index in [1.165, 1.54) is 0 Å². The standard InChI is InChI=1S/C12H22N4O/c1-4-7-13-8-9-17-12-14-10(5-2)11(6-3)15-16-12/h13H,4-9H2,1-3H3. The summed E-state index contributed by atoms with van der Waals surface area (Å²) in [5, 5.41) is 11.3. The van der Waals surface area contributed by atoms with Crippen molar-refractivity contribution in [3.8, 4) is 6.01 Å². The number of aromatic nitrogens is 3. The van der Waals surface area contributed by atoms with Crippen LogP contribution in [-0.4, -0.2) is 34.9 Å². The lowest BCUT2D eigenvalue weighted by molar-refractivity contribution is 0.284. The zero-order chi connectivity index (χ0) is 12.5. The molecule has 0 amide bonds. The molecular formula is C12H22N4O. The lowest BCUT2D eigenvalue weighted by Gasteiger charge is -2.07. The third-order valence-corrected chi connectivity index (χ3v) is 2.43. The largest absolute Gasteiger partial charge is 0.461 e. The maximum Gasteiger partial charge on any atom is 0.335 e. The summed E-state index contributed by atoms with van der Waals surface area (Å²) in [5.74, 6) is 0. The number of ether oxygens (including phenoxy) is 1. The maximum absolute atomic E-state index is 5.45. The summed E-state index contributed by atoms with van der Waals surface area (Å²) in [6, 6.07) is 0.386. The van der Waals surface area contributed by atoms with Crippen molar-refractivity contribution < 1.29 is 4.74 Å². The molecule has 1 heterocycles. The molecule has 1 aromatic heterocycles. The molecule has 0 saturated heterocycles. The summed E-state index contributed by atoms with van der Waals surface area (Å²) in [7, 11) is 0. The Bertz CT molecular complexity index is 330. The van der Waals surface area contributed by atoms with Crippen LogP contribution in [0.4, 0.5) is 0 Å². The molecule has 1 rings (SSSR count). The van der Waals surface area contributed by atoms with Crippen LogP contribution in [0.1, 0.15) is 38.6 Å². The topological polar surface area (TPSA) is 59.9 Å². The first-order chi connectivity index (χ1) is 8.31. The Morgan fingerprint density at radius 1 is 1.00 bits per heavy atom. The van der Waals surface area contributed by atoms with Gasteiger partial charge in [-0.2, -0.15) is 4.98 Å². The van der Waals surface area contributed by atoms with Gasteiger partial charge < -0.3 is 10.1 Å². The van der Waals surface area contributed by atoms with Crippen LogP contribution in [0.25, 0.3) is 0 Å². The monoisotopic (exact) mass is 238 g/mol. The second kappa shape index (κ2) is 7.95. The molecule has 0 radical (unpaired) electrons. The van der Waals surface area contributed by atoms with Crippen molar-refractivity contribution in [2.75, 3.05) is 19.7 Å². The lowest BCUT2D eigenvalue weighted by atomic mass is 10.2. The van der Waals surface area contributed by atoms with E-state index in [-0.39, 0.29) is 0 Å². The molecule has 5 heteroatoms. The molecule has 1 N–H and O–H groups in total. The Morgan fingerprint density at radius 3 is 2.41 bits per heavy atom. The second-order valence-electron chi connectivity index (χ2n) is 3.79. The third kappa shape index (κ3) is 4.65. The molecule has 0 aliphatic carbocycles. The van der Waals surface area contributed by atoms with E-state index in [2.05, 4.69) is 41.3 Å². The van der Waals surface area contributed by atoms with Crippen LogP contribution >= 0.6 is 0 Å².